The van der Waals surface area contributed by atoms with Crippen molar-refractivity contribution in [3.63, 3.8) is 0 Å². The summed E-state index contributed by atoms with van der Waals surface area (Å²) in [5, 5.41) is 8.37. The smallest absolute Gasteiger partial charge is 0.193 e. The highest BCUT2D eigenvalue weighted by Gasteiger charge is 2.32. The van der Waals surface area contributed by atoms with Gasteiger partial charge < -0.3 is 4.55 Å². The Morgan fingerprint density at radius 3 is 2.50 bits per heavy atom. The molecule has 16 heavy (non-hydrogen) atoms. The van der Waals surface area contributed by atoms with Gasteiger partial charge in [0.2, 0.25) is 0 Å². The SMILES string of the molecule is N#CCN(CCSC(Cl)(Cl)C(Cl)Cl)S(=O)[O-]. The van der Waals surface area contributed by atoms with Crippen LogP contribution in [0.4, 0.5) is 0 Å². The van der Waals surface area contributed by atoms with E-state index in [-0.39, 0.29) is 18.8 Å². The molecular weight excluding hydrogens is 338 g/mol. The van der Waals surface area contributed by atoms with Crippen molar-refractivity contribution in [1.29, 1.82) is 5.26 Å². The maximum atomic E-state index is 10.6. The summed E-state index contributed by atoms with van der Waals surface area (Å²) in [6, 6.07) is 1.73. The first-order chi connectivity index (χ1) is 7.31. The molecule has 0 rings (SSSR count). The van der Waals surface area contributed by atoms with Crippen LogP contribution in [0.25, 0.3) is 0 Å². The van der Waals surface area contributed by atoms with Crippen LogP contribution in [0.5, 0.6) is 0 Å². The normalized spacial score (nSPS) is 14.1. The van der Waals surface area contributed by atoms with Crippen LogP contribution in [0.3, 0.4) is 0 Å². The molecule has 0 aromatic carbocycles. The Morgan fingerprint density at radius 2 is 2.12 bits per heavy atom. The van der Waals surface area contributed by atoms with Crippen molar-refractivity contribution in [1.82, 2.24) is 4.31 Å². The van der Waals surface area contributed by atoms with Crippen LogP contribution in [-0.4, -0.2) is 40.4 Å². The molecule has 1 unspecified atom stereocenters. The van der Waals surface area contributed by atoms with E-state index in [2.05, 4.69) is 0 Å². The molecule has 10 heteroatoms. The summed E-state index contributed by atoms with van der Waals surface area (Å²) in [5.41, 5.74) is 0. The van der Waals surface area contributed by atoms with E-state index in [1.54, 1.807) is 6.07 Å². The largest absolute Gasteiger partial charge is 0.760 e. The maximum Gasteiger partial charge on any atom is 0.193 e. The Balaban J connectivity index is 4.05. The Hall–Kier alpha value is 1.07. The van der Waals surface area contributed by atoms with Gasteiger partial charge in [0.1, 0.15) is 4.84 Å². The van der Waals surface area contributed by atoms with Crippen LogP contribution in [0.2, 0.25) is 0 Å². The quantitative estimate of drug-likeness (QED) is 0.403. The number of thioether (sulfide) groups is 1. The Labute approximate surface area is 121 Å². The summed E-state index contributed by atoms with van der Waals surface area (Å²) in [5.74, 6) is 0.276. The summed E-state index contributed by atoms with van der Waals surface area (Å²) in [4.78, 5) is -0.997. The molecule has 0 aliphatic rings. The Morgan fingerprint density at radius 1 is 1.56 bits per heavy atom. The number of halogens is 4. The van der Waals surface area contributed by atoms with Gasteiger partial charge in [-0.3, -0.25) is 4.21 Å². The van der Waals surface area contributed by atoms with E-state index >= 15 is 0 Å². The highest BCUT2D eigenvalue weighted by atomic mass is 35.5. The van der Waals surface area contributed by atoms with E-state index in [1.165, 1.54) is 0 Å². The lowest BCUT2D eigenvalue weighted by molar-refractivity contribution is 0.429. The molecule has 0 amide bonds. The minimum absolute atomic E-state index is 0.107. The molecule has 0 aromatic rings. The van der Waals surface area contributed by atoms with Crippen LogP contribution in [0, 0.1) is 11.3 Å². The third-order valence-electron chi connectivity index (χ3n) is 1.35. The predicted molar refractivity (Wildman–Crippen MR) is 68.5 cm³/mol. The molecule has 4 nitrogen and oxygen atoms in total. The first-order valence-corrected chi connectivity index (χ1v) is 7.47. The predicted octanol–water partition coefficient (Wildman–Crippen LogP) is 2.27. The third-order valence-corrected chi connectivity index (χ3v) is 5.54. The van der Waals surface area contributed by atoms with E-state index in [4.69, 9.17) is 51.7 Å². The lowest BCUT2D eigenvalue weighted by Gasteiger charge is -2.24. The van der Waals surface area contributed by atoms with Gasteiger partial charge in [-0.05, 0) is 0 Å². The van der Waals surface area contributed by atoms with Gasteiger partial charge in [0.15, 0.2) is 3.67 Å². The molecular formula is C6H7Cl4N2O2S2-. The number of hydrogen-bond donors (Lipinski definition) is 0. The van der Waals surface area contributed by atoms with Gasteiger partial charge in [0.25, 0.3) is 0 Å². The van der Waals surface area contributed by atoms with Crippen LogP contribution in [0.1, 0.15) is 0 Å². The fraction of sp³-hybridized carbons (Fsp3) is 0.833. The molecule has 0 aliphatic carbocycles. The van der Waals surface area contributed by atoms with Gasteiger partial charge >= 0.3 is 0 Å². The molecule has 0 saturated heterocycles. The number of nitrogens with zero attached hydrogens (tertiary/aromatic N) is 2. The van der Waals surface area contributed by atoms with Gasteiger partial charge in [-0.1, -0.05) is 23.2 Å². The Bertz CT molecular complexity index is 284. The number of alkyl halides is 4. The summed E-state index contributed by atoms with van der Waals surface area (Å²) >= 11 is 21.0. The van der Waals surface area contributed by atoms with E-state index in [1.807, 2.05) is 0 Å². The van der Waals surface area contributed by atoms with Gasteiger partial charge in [-0.2, -0.15) is 5.26 Å². The lowest BCUT2D eigenvalue weighted by atomic mass is 10.6. The van der Waals surface area contributed by atoms with Crippen molar-refractivity contribution in [2.45, 2.75) is 8.50 Å². The highest BCUT2D eigenvalue weighted by Crippen LogP contribution is 2.42. The van der Waals surface area contributed by atoms with E-state index in [9.17, 15) is 8.76 Å². The van der Waals surface area contributed by atoms with Crippen molar-refractivity contribution in [3.05, 3.63) is 0 Å². The standard InChI is InChI=1S/C6H8Cl4N2O2S2/c7-5(8)6(9,10)15-4-3-12(2-1-11)16(13)14/h5H,2-4H2,(H,13,14)/p-1. The number of rotatable bonds is 7. The van der Waals surface area contributed by atoms with Gasteiger partial charge in [-0.25, -0.2) is 4.31 Å². The van der Waals surface area contributed by atoms with Crippen molar-refractivity contribution < 1.29 is 8.76 Å². The molecule has 0 N–H and O–H groups in total. The molecule has 0 aromatic heterocycles. The lowest BCUT2D eigenvalue weighted by Crippen LogP contribution is -2.30. The summed E-state index contributed by atoms with van der Waals surface area (Å²) in [7, 11) is 0. The average Bonchev–Trinajstić information content (AvgIpc) is 2.15. The van der Waals surface area contributed by atoms with Crippen LogP contribution in [0.15, 0.2) is 0 Å². The van der Waals surface area contributed by atoms with Crippen molar-refractivity contribution in [3.8, 4) is 6.07 Å². The molecule has 1 atom stereocenters. The van der Waals surface area contributed by atoms with Crippen LogP contribution in [-0.2, 0) is 11.3 Å². The number of nitriles is 1. The third kappa shape index (κ3) is 6.72. The average molecular weight is 345 g/mol. The number of hydrogen-bond acceptors (Lipinski definition) is 4. The molecule has 0 radical (unpaired) electrons. The molecule has 94 valence electrons. The Kier molecular flexibility index (Phi) is 8.77. The van der Waals surface area contributed by atoms with Gasteiger partial charge in [-0.15, -0.1) is 35.0 Å². The minimum Gasteiger partial charge on any atom is -0.760 e. The first kappa shape index (κ1) is 17.1. The highest BCUT2D eigenvalue weighted by molar-refractivity contribution is 8.03. The summed E-state index contributed by atoms with van der Waals surface area (Å²) in [6.07, 6.45) is 0. The molecule has 0 fully saturated rings. The molecule has 0 heterocycles. The second-order valence-corrected chi connectivity index (χ2v) is 7.67. The summed E-state index contributed by atoms with van der Waals surface area (Å²) in [6.45, 7) is -0.116. The first-order valence-electron chi connectivity index (χ1n) is 3.82. The minimum atomic E-state index is -2.45. The van der Waals surface area contributed by atoms with Crippen LogP contribution >= 0.6 is 58.2 Å². The van der Waals surface area contributed by atoms with E-state index in [0.29, 0.717) is 0 Å². The topological polar surface area (TPSA) is 67.2 Å². The fourth-order valence-electron chi connectivity index (χ4n) is 0.632. The summed E-state index contributed by atoms with van der Waals surface area (Å²) < 4.78 is 20.8. The molecule has 0 aliphatic heterocycles. The molecule has 0 saturated carbocycles. The zero-order valence-electron chi connectivity index (χ0n) is 7.74. The maximum absolute atomic E-state index is 10.6. The van der Waals surface area contributed by atoms with Crippen molar-refractivity contribution in [2.24, 2.45) is 0 Å². The van der Waals surface area contributed by atoms with Gasteiger partial charge in [0, 0.05) is 23.6 Å². The monoisotopic (exact) mass is 343 g/mol. The fourth-order valence-corrected chi connectivity index (χ4v) is 2.70. The second kappa shape index (κ2) is 8.22. The zero-order chi connectivity index (χ0) is 12.8. The van der Waals surface area contributed by atoms with Crippen molar-refractivity contribution >= 4 is 69.4 Å². The van der Waals surface area contributed by atoms with Crippen LogP contribution < -0.4 is 0 Å². The zero-order valence-corrected chi connectivity index (χ0v) is 12.4. The second-order valence-electron chi connectivity index (χ2n) is 2.45. The van der Waals surface area contributed by atoms with Crippen molar-refractivity contribution in [2.75, 3.05) is 18.8 Å². The van der Waals surface area contributed by atoms with E-state index < -0.39 is 19.8 Å². The van der Waals surface area contributed by atoms with E-state index in [0.717, 1.165) is 16.1 Å². The molecule has 0 bridgehead atoms. The van der Waals surface area contributed by atoms with Gasteiger partial charge in [0.05, 0.1) is 12.6 Å². The molecule has 0 spiro atoms.